The molecule has 1 saturated heterocycles. The van der Waals surface area contributed by atoms with Gasteiger partial charge in [0.25, 0.3) is 5.91 Å². The first-order valence-corrected chi connectivity index (χ1v) is 9.65. The Morgan fingerprint density at radius 2 is 2.00 bits per heavy atom. The van der Waals surface area contributed by atoms with Crippen molar-refractivity contribution in [1.29, 1.82) is 0 Å². The van der Waals surface area contributed by atoms with E-state index in [-0.39, 0.29) is 18.1 Å². The van der Waals surface area contributed by atoms with Gasteiger partial charge >= 0.3 is 0 Å². The molecule has 5 nitrogen and oxygen atoms in total. The van der Waals surface area contributed by atoms with Crippen molar-refractivity contribution in [2.75, 3.05) is 25.0 Å². The molecule has 0 saturated carbocycles. The Labute approximate surface area is 157 Å². The van der Waals surface area contributed by atoms with Crippen LogP contribution in [0, 0.1) is 0 Å². The number of quaternary nitrogens is 1. The van der Waals surface area contributed by atoms with Crippen molar-refractivity contribution in [1.82, 2.24) is 4.98 Å². The second-order valence-electron chi connectivity index (χ2n) is 6.58. The highest BCUT2D eigenvalue weighted by Crippen LogP contribution is 2.21. The van der Waals surface area contributed by atoms with Crippen molar-refractivity contribution in [2.45, 2.75) is 32.5 Å². The number of amides is 1. The van der Waals surface area contributed by atoms with E-state index in [9.17, 15) is 4.79 Å². The molecule has 1 aromatic heterocycles. The molecular weight excluding hydrogens is 358 g/mol. The quantitative estimate of drug-likeness (QED) is 0.834. The number of thiazole rings is 1. The van der Waals surface area contributed by atoms with Crippen molar-refractivity contribution in [3.05, 3.63) is 45.9 Å². The van der Waals surface area contributed by atoms with Crippen LogP contribution < -0.4 is 10.2 Å². The van der Waals surface area contributed by atoms with Gasteiger partial charge < -0.3 is 9.64 Å². The highest BCUT2D eigenvalue weighted by Gasteiger charge is 2.27. The lowest BCUT2D eigenvalue weighted by Crippen LogP contribution is -3.16. The highest BCUT2D eigenvalue weighted by atomic mass is 35.5. The standard InChI is InChI=1S/C18H22ClN3O2S/c1-12-9-22(10-13(2)24-12)11-17(23)21-18-20-8-16(25-18)7-14-3-5-15(19)6-4-14/h3-6,8,12-13H,7,9-11H2,1-2H3,(H,20,21,23)/p+1/t12-,13-/m0/s1. The number of halogens is 1. The molecule has 7 heteroatoms. The number of rotatable bonds is 5. The van der Waals surface area contributed by atoms with E-state index in [2.05, 4.69) is 24.1 Å². The second kappa shape index (κ2) is 8.27. The van der Waals surface area contributed by atoms with Crippen LogP contribution in [0.25, 0.3) is 0 Å². The molecule has 0 aliphatic carbocycles. The van der Waals surface area contributed by atoms with E-state index in [1.165, 1.54) is 21.8 Å². The summed E-state index contributed by atoms with van der Waals surface area (Å²) in [6, 6.07) is 7.77. The van der Waals surface area contributed by atoms with Crippen LogP contribution in [-0.4, -0.2) is 42.7 Å². The van der Waals surface area contributed by atoms with Crippen molar-refractivity contribution in [2.24, 2.45) is 0 Å². The zero-order chi connectivity index (χ0) is 17.8. The summed E-state index contributed by atoms with van der Waals surface area (Å²) in [5.74, 6) is 0.00342. The number of anilines is 1. The van der Waals surface area contributed by atoms with Crippen LogP contribution in [0.5, 0.6) is 0 Å². The SMILES string of the molecule is C[C@H]1C[NH+](CC(=O)Nc2ncc(Cc3ccc(Cl)cc3)s2)C[C@H](C)O1. The number of morpholine rings is 1. The van der Waals surface area contributed by atoms with E-state index in [1.54, 1.807) is 0 Å². The zero-order valence-corrected chi connectivity index (χ0v) is 16.0. The van der Waals surface area contributed by atoms with E-state index in [1.807, 2.05) is 30.5 Å². The van der Waals surface area contributed by atoms with Crippen LogP contribution >= 0.6 is 22.9 Å². The lowest BCUT2D eigenvalue weighted by molar-refractivity contribution is -0.907. The molecule has 0 spiro atoms. The summed E-state index contributed by atoms with van der Waals surface area (Å²) < 4.78 is 5.71. The zero-order valence-electron chi connectivity index (χ0n) is 14.4. The molecule has 2 aromatic rings. The minimum atomic E-state index is 0.00342. The van der Waals surface area contributed by atoms with Crippen LogP contribution in [0.3, 0.4) is 0 Å². The Bertz CT molecular complexity index is 709. The van der Waals surface area contributed by atoms with Gasteiger partial charge in [0, 0.05) is 22.5 Å². The molecule has 1 aliphatic rings. The van der Waals surface area contributed by atoms with Gasteiger partial charge in [-0.1, -0.05) is 23.7 Å². The average Bonchev–Trinajstić information content (AvgIpc) is 2.95. The third-order valence-electron chi connectivity index (χ3n) is 4.12. The Hall–Kier alpha value is -1.47. The molecule has 0 unspecified atom stereocenters. The predicted molar refractivity (Wildman–Crippen MR) is 101 cm³/mol. The largest absolute Gasteiger partial charge is 0.364 e. The molecule has 2 heterocycles. The van der Waals surface area contributed by atoms with Gasteiger partial charge in [0.1, 0.15) is 25.3 Å². The Kier molecular flexibility index (Phi) is 6.06. The fourth-order valence-electron chi connectivity index (χ4n) is 3.17. The fourth-order valence-corrected chi connectivity index (χ4v) is 4.16. The Balaban J connectivity index is 1.52. The Morgan fingerprint density at radius 3 is 2.68 bits per heavy atom. The first-order chi connectivity index (χ1) is 12.0. The summed E-state index contributed by atoms with van der Waals surface area (Å²) in [4.78, 5) is 19.0. The molecule has 1 aliphatic heterocycles. The van der Waals surface area contributed by atoms with Crippen molar-refractivity contribution in [3.8, 4) is 0 Å². The summed E-state index contributed by atoms with van der Waals surface area (Å²) >= 11 is 7.42. The first-order valence-electron chi connectivity index (χ1n) is 8.46. The fraction of sp³-hybridized carbons (Fsp3) is 0.444. The topological polar surface area (TPSA) is 55.7 Å². The minimum absolute atomic E-state index is 0.00342. The molecule has 25 heavy (non-hydrogen) atoms. The summed E-state index contributed by atoms with van der Waals surface area (Å²) in [6.45, 7) is 6.27. The van der Waals surface area contributed by atoms with Crippen LogP contribution in [0.4, 0.5) is 5.13 Å². The van der Waals surface area contributed by atoms with Crippen LogP contribution in [0.1, 0.15) is 24.3 Å². The summed E-state index contributed by atoms with van der Waals surface area (Å²) in [5, 5.41) is 4.31. The molecule has 0 radical (unpaired) electrons. The van der Waals surface area contributed by atoms with E-state index in [0.29, 0.717) is 11.7 Å². The lowest BCUT2D eigenvalue weighted by Gasteiger charge is -2.31. The minimum Gasteiger partial charge on any atom is -0.364 e. The number of nitrogens with zero attached hydrogens (tertiary/aromatic N) is 1. The molecule has 134 valence electrons. The molecule has 0 bridgehead atoms. The van der Waals surface area contributed by atoms with Gasteiger partial charge in [-0.25, -0.2) is 4.98 Å². The van der Waals surface area contributed by atoms with E-state index >= 15 is 0 Å². The van der Waals surface area contributed by atoms with Gasteiger partial charge in [0.05, 0.1) is 0 Å². The smallest absolute Gasteiger partial charge is 0.281 e. The molecule has 3 rings (SSSR count). The first kappa shape index (κ1) is 18.3. The average molecular weight is 381 g/mol. The molecule has 1 fully saturated rings. The van der Waals surface area contributed by atoms with Gasteiger partial charge in [-0.05, 0) is 31.5 Å². The van der Waals surface area contributed by atoms with Crippen LogP contribution in [0.15, 0.2) is 30.5 Å². The number of hydrogen-bond acceptors (Lipinski definition) is 4. The maximum Gasteiger partial charge on any atom is 0.281 e. The molecule has 2 atom stereocenters. The van der Waals surface area contributed by atoms with Crippen molar-refractivity contribution in [3.63, 3.8) is 0 Å². The maximum absolute atomic E-state index is 12.3. The Morgan fingerprint density at radius 1 is 1.32 bits per heavy atom. The number of aromatic nitrogens is 1. The van der Waals surface area contributed by atoms with Gasteiger partial charge in [-0.15, -0.1) is 11.3 Å². The van der Waals surface area contributed by atoms with Crippen LogP contribution in [0.2, 0.25) is 5.02 Å². The molecule has 1 amide bonds. The summed E-state index contributed by atoms with van der Waals surface area (Å²) in [6.07, 6.45) is 2.99. The van der Waals surface area contributed by atoms with Crippen molar-refractivity contribution >= 4 is 34.0 Å². The van der Waals surface area contributed by atoms with Gasteiger partial charge in [0.2, 0.25) is 0 Å². The molecular formula is C18H23ClN3O2S+. The van der Waals surface area contributed by atoms with E-state index < -0.39 is 0 Å². The van der Waals surface area contributed by atoms with Gasteiger partial charge in [-0.3, -0.25) is 10.1 Å². The molecule has 2 N–H and O–H groups in total. The lowest BCUT2D eigenvalue weighted by atomic mass is 10.1. The summed E-state index contributed by atoms with van der Waals surface area (Å²) in [7, 11) is 0. The third-order valence-corrected chi connectivity index (χ3v) is 5.28. The number of nitrogens with one attached hydrogen (secondary N) is 2. The van der Waals surface area contributed by atoms with E-state index in [4.69, 9.17) is 16.3 Å². The van der Waals surface area contributed by atoms with Gasteiger partial charge in [-0.2, -0.15) is 0 Å². The highest BCUT2D eigenvalue weighted by molar-refractivity contribution is 7.15. The van der Waals surface area contributed by atoms with Crippen LogP contribution in [-0.2, 0) is 16.0 Å². The predicted octanol–water partition coefficient (Wildman–Crippen LogP) is 2.02. The third kappa shape index (κ3) is 5.51. The van der Waals surface area contributed by atoms with Crippen molar-refractivity contribution < 1.29 is 14.4 Å². The monoisotopic (exact) mass is 380 g/mol. The van der Waals surface area contributed by atoms with E-state index in [0.717, 1.165) is 29.4 Å². The normalized spacial score (nSPS) is 23.4. The number of hydrogen-bond donors (Lipinski definition) is 2. The maximum atomic E-state index is 12.3. The number of ether oxygens (including phenoxy) is 1. The summed E-state index contributed by atoms with van der Waals surface area (Å²) in [5.41, 5.74) is 1.17. The molecule has 1 aromatic carbocycles. The number of benzene rings is 1. The number of carbonyl (C=O) groups excluding carboxylic acids is 1. The second-order valence-corrected chi connectivity index (χ2v) is 8.13. The van der Waals surface area contributed by atoms with Gasteiger partial charge in [0.15, 0.2) is 11.7 Å². The number of carbonyl (C=O) groups is 1.